The normalized spacial score (nSPS) is 33.1. The topological polar surface area (TPSA) is 24.5 Å². The number of rotatable bonds is 2. The minimum atomic E-state index is 0.424. The summed E-state index contributed by atoms with van der Waals surface area (Å²) < 4.78 is 5.90. The first kappa shape index (κ1) is 12.2. The summed E-state index contributed by atoms with van der Waals surface area (Å²) in [6.45, 7) is 6.36. The number of morpholine rings is 1. The quantitative estimate of drug-likeness (QED) is 0.858. The summed E-state index contributed by atoms with van der Waals surface area (Å²) in [6, 6.07) is 11.7. The van der Waals surface area contributed by atoms with Crippen molar-refractivity contribution in [2.45, 2.75) is 38.1 Å². The fourth-order valence-corrected chi connectivity index (χ4v) is 3.02. The smallest absolute Gasteiger partial charge is 0.0753 e. The molecular formula is C15H22N2O. The van der Waals surface area contributed by atoms with E-state index in [0.29, 0.717) is 18.2 Å². The lowest BCUT2D eigenvalue weighted by atomic mass is 9.98. The van der Waals surface area contributed by atoms with Gasteiger partial charge in [0.25, 0.3) is 0 Å². The molecule has 98 valence electrons. The van der Waals surface area contributed by atoms with Crippen LogP contribution in [0, 0.1) is 0 Å². The lowest BCUT2D eigenvalue weighted by Gasteiger charge is -2.43. The van der Waals surface area contributed by atoms with Crippen LogP contribution in [0.4, 0.5) is 0 Å². The highest BCUT2D eigenvalue weighted by atomic mass is 16.5. The predicted octanol–water partition coefficient (Wildman–Crippen LogP) is 1.64. The maximum Gasteiger partial charge on any atom is 0.0753 e. The summed E-state index contributed by atoms with van der Waals surface area (Å²) in [6.07, 6.45) is 1.57. The van der Waals surface area contributed by atoms with Gasteiger partial charge < -0.3 is 10.1 Å². The molecule has 0 radical (unpaired) electrons. The van der Waals surface area contributed by atoms with Crippen molar-refractivity contribution in [3.8, 4) is 0 Å². The summed E-state index contributed by atoms with van der Waals surface area (Å²) in [5, 5.41) is 3.67. The lowest BCUT2D eigenvalue weighted by molar-refractivity contribution is -0.0603. The van der Waals surface area contributed by atoms with Gasteiger partial charge in [-0.1, -0.05) is 30.3 Å². The number of fused-ring (bicyclic) bond motifs is 1. The molecule has 2 fully saturated rings. The highest BCUT2D eigenvalue weighted by molar-refractivity contribution is 5.14. The molecule has 3 unspecified atom stereocenters. The van der Waals surface area contributed by atoms with Crippen LogP contribution in [0.3, 0.4) is 0 Å². The third kappa shape index (κ3) is 2.74. The summed E-state index contributed by atoms with van der Waals surface area (Å²) in [7, 11) is 0. The van der Waals surface area contributed by atoms with Gasteiger partial charge in [0.1, 0.15) is 0 Å². The SMILES string of the molecule is CC1COC2CCN(Cc3ccccc3)CC2N1. The van der Waals surface area contributed by atoms with E-state index in [1.807, 2.05) is 0 Å². The Kier molecular flexibility index (Phi) is 3.64. The van der Waals surface area contributed by atoms with Crippen molar-refractivity contribution in [3.05, 3.63) is 35.9 Å². The number of benzene rings is 1. The van der Waals surface area contributed by atoms with Crippen molar-refractivity contribution in [2.24, 2.45) is 0 Å². The van der Waals surface area contributed by atoms with Crippen molar-refractivity contribution in [1.29, 1.82) is 0 Å². The van der Waals surface area contributed by atoms with Crippen molar-refractivity contribution in [3.63, 3.8) is 0 Å². The second kappa shape index (κ2) is 5.39. The highest BCUT2D eigenvalue weighted by Gasteiger charge is 2.33. The van der Waals surface area contributed by atoms with E-state index in [-0.39, 0.29) is 0 Å². The molecule has 3 nitrogen and oxygen atoms in total. The van der Waals surface area contributed by atoms with Gasteiger partial charge in [0, 0.05) is 31.7 Å². The zero-order chi connectivity index (χ0) is 12.4. The largest absolute Gasteiger partial charge is 0.375 e. The molecule has 18 heavy (non-hydrogen) atoms. The Labute approximate surface area is 109 Å². The summed E-state index contributed by atoms with van der Waals surface area (Å²) in [4.78, 5) is 2.53. The molecule has 0 aromatic heterocycles. The minimum absolute atomic E-state index is 0.424. The molecule has 0 amide bonds. The van der Waals surface area contributed by atoms with E-state index in [2.05, 4.69) is 47.5 Å². The fourth-order valence-electron chi connectivity index (χ4n) is 3.02. The lowest BCUT2D eigenvalue weighted by Crippen LogP contribution is -2.60. The average Bonchev–Trinajstić information content (AvgIpc) is 2.39. The Hall–Kier alpha value is -0.900. The Morgan fingerprint density at radius 2 is 2.17 bits per heavy atom. The van der Waals surface area contributed by atoms with E-state index in [0.717, 1.165) is 32.7 Å². The van der Waals surface area contributed by atoms with Crippen molar-refractivity contribution in [2.75, 3.05) is 19.7 Å². The zero-order valence-corrected chi connectivity index (χ0v) is 11.0. The van der Waals surface area contributed by atoms with Gasteiger partial charge in [-0.05, 0) is 18.9 Å². The summed E-state index contributed by atoms with van der Waals surface area (Å²) in [5.41, 5.74) is 1.40. The van der Waals surface area contributed by atoms with Crippen LogP contribution in [0.25, 0.3) is 0 Å². The van der Waals surface area contributed by atoms with Crippen LogP contribution >= 0.6 is 0 Å². The molecule has 0 aliphatic carbocycles. The molecule has 2 saturated heterocycles. The summed E-state index contributed by atoms with van der Waals surface area (Å²) >= 11 is 0. The standard InChI is InChI=1S/C15H22N2O/c1-12-11-18-15-7-8-17(10-14(15)16-12)9-13-5-3-2-4-6-13/h2-6,12,14-16H,7-11H2,1H3. The molecule has 0 saturated carbocycles. The molecule has 0 bridgehead atoms. The van der Waals surface area contributed by atoms with E-state index in [1.165, 1.54) is 5.56 Å². The van der Waals surface area contributed by atoms with E-state index in [1.54, 1.807) is 0 Å². The molecule has 2 aliphatic rings. The Morgan fingerprint density at radius 1 is 1.33 bits per heavy atom. The molecule has 0 spiro atoms. The molecule has 2 heterocycles. The number of ether oxygens (including phenoxy) is 1. The van der Waals surface area contributed by atoms with Gasteiger partial charge in [0.15, 0.2) is 0 Å². The molecule has 2 aliphatic heterocycles. The third-order valence-corrected chi connectivity index (χ3v) is 3.94. The molecule has 1 N–H and O–H groups in total. The van der Waals surface area contributed by atoms with Crippen molar-refractivity contribution < 1.29 is 4.74 Å². The van der Waals surface area contributed by atoms with E-state index < -0.39 is 0 Å². The van der Waals surface area contributed by atoms with Gasteiger partial charge in [-0.2, -0.15) is 0 Å². The predicted molar refractivity (Wildman–Crippen MR) is 72.5 cm³/mol. The zero-order valence-electron chi connectivity index (χ0n) is 11.0. The van der Waals surface area contributed by atoms with Crippen LogP contribution in [0.2, 0.25) is 0 Å². The Morgan fingerprint density at radius 3 is 3.00 bits per heavy atom. The van der Waals surface area contributed by atoms with Crippen LogP contribution < -0.4 is 5.32 Å². The Bertz CT molecular complexity index is 381. The maximum atomic E-state index is 5.90. The monoisotopic (exact) mass is 246 g/mol. The first-order chi connectivity index (χ1) is 8.81. The number of nitrogens with zero attached hydrogens (tertiary/aromatic N) is 1. The van der Waals surface area contributed by atoms with Crippen LogP contribution in [0.5, 0.6) is 0 Å². The van der Waals surface area contributed by atoms with E-state index >= 15 is 0 Å². The van der Waals surface area contributed by atoms with Crippen LogP contribution in [-0.2, 0) is 11.3 Å². The first-order valence-corrected chi connectivity index (χ1v) is 6.95. The van der Waals surface area contributed by atoms with Gasteiger partial charge in [0.05, 0.1) is 12.7 Å². The van der Waals surface area contributed by atoms with E-state index in [9.17, 15) is 0 Å². The number of piperidine rings is 1. The van der Waals surface area contributed by atoms with E-state index in [4.69, 9.17) is 4.74 Å². The summed E-state index contributed by atoms with van der Waals surface area (Å²) in [5.74, 6) is 0. The van der Waals surface area contributed by atoms with Crippen molar-refractivity contribution in [1.82, 2.24) is 10.2 Å². The fraction of sp³-hybridized carbons (Fsp3) is 0.600. The number of likely N-dealkylation sites (tertiary alicyclic amines) is 1. The van der Waals surface area contributed by atoms with Crippen LogP contribution in [-0.4, -0.2) is 42.8 Å². The average molecular weight is 246 g/mol. The Balaban J connectivity index is 1.59. The molecule has 3 rings (SSSR count). The number of hydrogen-bond donors (Lipinski definition) is 1. The second-order valence-corrected chi connectivity index (χ2v) is 5.56. The second-order valence-electron chi connectivity index (χ2n) is 5.56. The van der Waals surface area contributed by atoms with Crippen LogP contribution in [0.1, 0.15) is 18.9 Å². The molecule has 3 heteroatoms. The van der Waals surface area contributed by atoms with Crippen LogP contribution in [0.15, 0.2) is 30.3 Å². The van der Waals surface area contributed by atoms with Gasteiger partial charge in [-0.15, -0.1) is 0 Å². The number of hydrogen-bond acceptors (Lipinski definition) is 3. The molecule has 1 aromatic carbocycles. The molecular weight excluding hydrogens is 224 g/mol. The van der Waals surface area contributed by atoms with Gasteiger partial charge in [-0.3, -0.25) is 4.90 Å². The van der Waals surface area contributed by atoms with Gasteiger partial charge >= 0.3 is 0 Å². The molecule has 3 atom stereocenters. The molecule has 1 aromatic rings. The minimum Gasteiger partial charge on any atom is -0.375 e. The highest BCUT2D eigenvalue weighted by Crippen LogP contribution is 2.20. The third-order valence-electron chi connectivity index (χ3n) is 3.94. The van der Waals surface area contributed by atoms with Gasteiger partial charge in [0.2, 0.25) is 0 Å². The maximum absolute atomic E-state index is 5.90. The first-order valence-electron chi connectivity index (χ1n) is 6.95. The number of nitrogens with one attached hydrogen (secondary N) is 1. The van der Waals surface area contributed by atoms with Gasteiger partial charge in [-0.25, -0.2) is 0 Å². The van der Waals surface area contributed by atoms with Crippen molar-refractivity contribution >= 4 is 0 Å².